The number of carbonyl (C=O) groups is 1. The quantitative estimate of drug-likeness (QED) is 0.411. The van der Waals surface area contributed by atoms with E-state index in [0.29, 0.717) is 5.11 Å². The summed E-state index contributed by atoms with van der Waals surface area (Å²) >= 11 is 5.80. The third-order valence-corrected chi connectivity index (χ3v) is 6.18. The second-order valence-corrected chi connectivity index (χ2v) is 8.38. The molecule has 0 spiro atoms. The molecule has 0 unspecified atom stereocenters. The second kappa shape index (κ2) is 8.52. The fourth-order valence-electron chi connectivity index (χ4n) is 4.30. The molecular formula is C26H22N4O2S. The van der Waals surface area contributed by atoms with Gasteiger partial charge in [0.05, 0.1) is 17.3 Å². The molecule has 2 aromatic heterocycles. The minimum absolute atomic E-state index is 0.184. The lowest BCUT2D eigenvalue weighted by Crippen LogP contribution is -2.30. The van der Waals surface area contributed by atoms with Gasteiger partial charge in [-0.3, -0.25) is 4.98 Å². The topological polar surface area (TPSA) is 70.4 Å². The fourth-order valence-corrected chi connectivity index (χ4v) is 4.64. The van der Waals surface area contributed by atoms with Crippen LogP contribution in [0.3, 0.4) is 0 Å². The molecule has 0 aliphatic carbocycles. The van der Waals surface area contributed by atoms with Gasteiger partial charge in [-0.05, 0) is 73.7 Å². The molecule has 3 heterocycles. The molecule has 1 aliphatic rings. The Morgan fingerprint density at radius 2 is 1.82 bits per heavy atom. The van der Waals surface area contributed by atoms with Crippen LogP contribution < -0.4 is 10.2 Å². The van der Waals surface area contributed by atoms with Crippen LogP contribution in [-0.2, 0) is 0 Å². The average molecular weight is 455 g/mol. The Labute approximate surface area is 197 Å². The molecule has 4 aromatic rings. The van der Waals surface area contributed by atoms with Gasteiger partial charge < -0.3 is 19.9 Å². The van der Waals surface area contributed by atoms with Gasteiger partial charge in [-0.25, -0.2) is 4.79 Å². The Balaban J connectivity index is 1.66. The van der Waals surface area contributed by atoms with Crippen molar-refractivity contribution in [3.63, 3.8) is 0 Å². The Morgan fingerprint density at radius 3 is 2.55 bits per heavy atom. The molecule has 0 bridgehead atoms. The van der Waals surface area contributed by atoms with Crippen LogP contribution in [0.4, 0.5) is 5.69 Å². The lowest BCUT2D eigenvalue weighted by Gasteiger charge is -2.29. The van der Waals surface area contributed by atoms with Crippen molar-refractivity contribution in [2.24, 2.45) is 0 Å². The largest absolute Gasteiger partial charge is 0.478 e. The van der Waals surface area contributed by atoms with Crippen LogP contribution >= 0.6 is 12.2 Å². The zero-order chi connectivity index (χ0) is 22.9. The number of aromatic nitrogens is 2. The van der Waals surface area contributed by atoms with Crippen LogP contribution in [0, 0.1) is 6.92 Å². The predicted molar refractivity (Wildman–Crippen MR) is 132 cm³/mol. The van der Waals surface area contributed by atoms with Gasteiger partial charge in [0.25, 0.3) is 0 Å². The average Bonchev–Trinajstić information content (AvgIpc) is 3.44. The van der Waals surface area contributed by atoms with E-state index in [2.05, 4.69) is 46.4 Å². The first kappa shape index (κ1) is 20.9. The van der Waals surface area contributed by atoms with Crippen LogP contribution in [0.1, 0.15) is 39.4 Å². The molecule has 0 radical (unpaired) electrons. The Kier molecular flexibility index (Phi) is 5.40. The summed E-state index contributed by atoms with van der Waals surface area (Å²) in [7, 11) is 0. The monoisotopic (exact) mass is 454 g/mol. The molecule has 2 atom stereocenters. The molecule has 1 saturated heterocycles. The van der Waals surface area contributed by atoms with Crippen LogP contribution in [-0.4, -0.2) is 25.7 Å². The van der Waals surface area contributed by atoms with Crippen molar-refractivity contribution in [2.75, 3.05) is 4.90 Å². The van der Waals surface area contributed by atoms with Gasteiger partial charge in [0.2, 0.25) is 0 Å². The second-order valence-electron chi connectivity index (χ2n) is 7.99. The SMILES string of the molecule is Cc1ccc(N2C(=S)N[C@@H](c3ccccn3)[C@@H]2c2cccn2-c2cccc(C(=O)O)c2)cc1. The lowest BCUT2D eigenvalue weighted by atomic mass is 10.0. The minimum atomic E-state index is -0.957. The number of carboxylic acid groups (broad SMARTS) is 1. The molecule has 0 saturated carbocycles. The summed E-state index contributed by atoms with van der Waals surface area (Å²) in [5, 5.41) is 13.6. The van der Waals surface area contributed by atoms with E-state index >= 15 is 0 Å². The highest BCUT2D eigenvalue weighted by Crippen LogP contribution is 2.42. The van der Waals surface area contributed by atoms with E-state index in [1.807, 2.05) is 47.2 Å². The zero-order valence-electron chi connectivity index (χ0n) is 17.9. The van der Waals surface area contributed by atoms with Gasteiger partial charge in [0.15, 0.2) is 5.11 Å². The summed E-state index contributed by atoms with van der Waals surface area (Å²) in [6.45, 7) is 2.05. The molecule has 2 N–H and O–H groups in total. The third-order valence-electron chi connectivity index (χ3n) is 5.86. The molecule has 5 rings (SSSR count). The number of anilines is 1. The van der Waals surface area contributed by atoms with Crippen LogP contribution in [0.5, 0.6) is 0 Å². The first-order valence-corrected chi connectivity index (χ1v) is 11.0. The van der Waals surface area contributed by atoms with Crippen molar-refractivity contribution in [2.45, 2.75) is 19.0 Å². The number of aryl methyl sites for hydroxylation is 1. The molecule has 2 aromatic carbocycles. The highest BCUT2D eigenvalue weighted by molar-refractivity contribution is 7.80. The summed E-state index contributed by atoms with van der Waals surface area (Å²) in [4.78, 5) is 18.3. The number of benzene rings is 2. The lowest BCUT2D eigenvalue weighted by molar-refractivity contribution is 0.0697. The van der Waals surface area contributed by atoms with E-state index in [9.17, 15) is 9.90 Å². The summed E-state index contributed by atoms with van der Waals surface area (Å²) in [6.07, 6.45) is 3.72. The molecule has 33 heavy (non-hydrogen) atoms. The first-order chi connectivity index (χ1) is 16.0. The number of nitrogens with zero attached hydrogens (tertiary/aromatic N) is 3. The number of hydrogen-bond donors (Lipinski definition) is 2. The highest BCUT2D eigenvalue weighted by atomic mass is 32.1. The van der Waals surface area contributed by atoms with E-state index in [4.69, 9.17) is 12.2 Å². The maximum absolute atomic E-state index is 11.6. The molecule has 1 aliphatic heterocycles. The van der Waals surface area contributed by atoms with Crippen molar-refractivity contribution < 1.29 is 9.90 Å². The third kappa shape index (κ3) is 3.87. The van der Waals surface area contributed by atoms with Crippen molar-refractivity contribution in [1.82, 2.24) is 14.9 Å². The van der Waals surface area contributed by atoms with E-state index in [1.54, 1.807) is 24.4 Å². The van der Waals surface area contributed by atoms with Crippen molar-refractivity contribution in [1.29, 1.82) is 0 Å². The van der Waals surface area contributed by atoms with Crippen molar-refractivity contribution in [3.05, 3.63) is 114 Å². The number of aromatic carboxylic acids is 1. The highest BCUT2D eigenvalue weighted by Gasteiger charge is 2.42. The number of pyridine rings is 1. The smallest absolute Gasteiger partial charge is 0.335 e. The summed E-state index contributed by atoms with van der Waals surface area (Å²) in [5.74, 6) is -0.957. The summed E-state index contributed by atoms with van der Waals surface area (Å²) in [6, 6.07) is 24.7. The molecule has 7 heteroatoms. The van der Waals surface area contributed by atoms with E-state index in [-0.39, 0.29) is 17.6 Å². The van der Waals surface area contributed by atoms with Gasteiger partial charge in [0, 0.05) is 29.5 Å². The van der Waals surface area contributed by atoms with Crippen LogP contribution in [0.25, 0.3) is 5.69 Å². The van der Waals surface area contributed by atoms with Crippen molar-refractivity contribution in [3.8, 4) is 5.69 Å². The first-order valence-electron chi connectivity index (χ1n) is 10.6. The molecule has 6 nitrogen and oxygen atoms in total. The normalized spacial score (nSPS) is 17.7. The van der Waals surface area contributed by atoms with Gasteiger partial charge >= 0.3 is 5.97 Å². The maximum atomic E-state index is 11.6. The summed E-state index contributed by atoms with van der Waals surface area (Å²) in [5.41, 5.74) is 5.02. The number of rotatable bonds is 5. The van der Waals surface area contributed by atoms with E-state index in [1.165, 1.54) is 5.56 Å². The number of nitrogens with one attached hydrogen (secondary N) is 1. The number of hydrogen-bond acceptors (Lipinski definition) is 3. The zero-order valence-corrected chi connectivity index (χ0v) is 18.7. The standard InChI is InChI=1S/C26H22N4O2S/c1-17-10-12-19(13-11-17)30-24(23(28-26(30)33)21-8-2-3-14-27-21)22-9-5-15-29(22)20-7-4-6-18(16-20)25(31)32/h2-16,23-24H,1H3,(H,28,33)(H,31,32)/t23-,24-/m0/s1. The maximum Gasteiger partial charge on any atom is 0.335 e. The minimum Gasteiger partial charge on any atom is -0.478 e. The van der Waals surface area contributed by atoms with Gasteiger partial charge in [-0.1, -0.05) is 29.8 Å². The van der Waals surface area contributed by atoms with Gasteiger partial charge in [-0.2, -0.15) is 0 Å². The Bertz CT molecular complexity index is 1320. The van der Waals surface area contributed by atoms with E-state index < -0.39 is 5.97 Å². The molecule has 0 amide bonds. The Morgan fingerprint density at radius 1 is 1.00 bits per heavy atom. The number of thiocarbonyl (C=S) groups is 1. The molecule has 164 valence electrons. The number of carboxylic acids is 1. The Hall–Kier alpha value is -3.97. The summed E-state index contributed by atoms with van der Waals surface area (Å²) < 4.78 is 2.02. The van der Waals surface area contributed by atoms with Gasteiger partial charge in [-0.15, -0.1) is 0 Å². The van der Waals surface area contributed by atoms with Crippen LogP contribution in [0.15, 0.2) is 91.3 Å². The van der Waals surface area contributed by atoms with Crippen LogP contribution in [0.2, 0.25) is 0 Å². The van der Waals surface area contributed by atoms with Crippen molar-refractivity contribution >= 4 is 29.0 Å². The predicted octanol–water partition coefficient (Wildman–Crippen LogP) is 5.06. The fraction of sp³-hybridized carbons (Fsp3) is 0.115. The molecular weight excluding hydrogens is 432 g/mol. The van der Waals surface area contributed by atoms with Gasteiger partial charge in [0.1, 0.15) is 6.04 Å². The van der Waals surface area contributed by atoms with E-state index in [0.717, 1.165) is 22.8 Å². The molecule has 1 fully saturated rings.